The summed E-state index contributed by atoms with van der Waals surface area (Å²) in [5.74, 6) is -0.703. The molecule has 1 fully saturated rings. The van der Waals surface area contributed by atoms with Gasteiger partial charge in [-0.25, -0.2) is 4.98 Å². The number of carbonyl (C=O) groups excluding carboxylic acids is 3. The van der Waals surface area contributed by atoms with Gasteiger partial charge in [0.15, 0.2) is 11.5 Å². The van der Waals surface area contributed by atoms with Crippen LogP contribution in [0, 0.1) is 0 Å². The Kier molecular flexibility index (Phi) is 7.18. The van der Waals surface area contributed by atoms with Crippen LogP contribution >= 0.6 is 0 Å². The van der Waals surface area contributed by atoms with E-state index >= 15 is 0 Å². The minimum Gasteiger partial charge on any atom is -0.369 e. The quantitative estimate of drug-likeness (QED) is 0.344. The van der Waals surface area contributed by atoms with Gasteiger partial charge >= 0.3 is 0 Å². The van der Waals surface area contributed by atoms with Gasteiger partial charge in [0.05, 0.1) is 18.8 Å². The van der Waals surface area contributed by atoms with Crippen LogP contribution in [0.3, 0.4) is 0 Å². The molecule has 3 aromatic rings. The maximum atomic E-state index is 12.9. The fourth-order valence-electron chi connectivity index (χ4n) is 4.53. The number of nitrogens with zero attached hydrogens (tertiary/aromatic N) is 5. The summed E-state index contributed by atoms with van der Waals surface area (Å²) < 4.78 is 0. The maximum absolute atomic E-state index is 12.9. The predicted molar refractivity (Wildman–Crippen MR) is 139 cm³/mol. The normalized spacial score (nSPS) is 15.3. The van der Waals surface area contributed by atoms with E-state index in [1.54, 1.807) is 17.0 Å². The Morgan fingerprint density at radius 3 is 2.53 bits per heavy atom. The molecule has 1 saturated heterocycles. The number of hydrogen-bond donors (Lipinski definition) is 4. The third kappa shape index (κ3) is 5.42. The second-order valence-corrected chi connectivity index (χ2v) is 9.34. The van der Waals surface area contributed by atoms with Gasteiger partial charge in [0.25, 0.3) is 17.4 Å². The van der Waals surface area contributed by atoms with Gasteiger partial charge in [-0.1, -0.05) is 0 Å². The van der Waals surface area contributed by atoms with Crippen molar-refractivity contribution in [3.63, 3.8) is 0 Å². The zero-order valence-corrected chi connectivity index (χ0v) is 21.0. The number of aromatic nitrogens is 4. The molecule has 198 valence electrons. The first-order chi connectivity index (χ1) is 18.4. The van der Waals surface area contributed by atoms with Crippen molar-refractivity contribution in [3.05, 3.63) is 69.5 Å². The lowest BCUT2D eigenvalue weighted by atomic mass is 10.1. The highest BCUT2D eigenvalue weighted by molar-refractivity contribution is 6.04. The SMILES string of the molecule is CN1CCN(c2ccc(C(=O)Nc3n[nH]c4c3CN(C(=O)CCNC(=O)c3ncc[nH]c3=O)C4)cc2)CC1. The smallest absolute Gasteiger partial charge is 0.279 e. The van der Waals surface area contributed by atoms with Gasteiger partial charge in [0.1, 0.15) is 0 Å². The van der Waals surface area contributed by atoms with Crippen molar-refractivity contribution in [1.82, 2.24) is 35.3 Å². The summed E-state index contributed by atoms with van der Waals surface area (Å²) in [5.41, 5.74) is 2.27. The van der Waals surface area contributed by atoms with Crippen molar-refractivity contribution in [1.29, 1.82) is 0 Å². The van der Waals surface area contributed by atoms with E-state index in [1.807, 2.05) is 12.1 Å². The lowest BCUT2D eigenvalue weighted by molar-refractivity contribution is -0.131. The van der Waals surface area contributed by atoms with Crippen molar-refractivity contribution in [2.45, 2.75) is 19.5 Å². The Morgan fingerprint density at radius 2 is 1.79 bits per heavy atom. The molecule has 0 saturated carbocycles. The van der Waals surface area contributed by atoms with Crippen molar-refractivity contribution in [3.8, 4) is 0 Å². The molecule has 4 N–H and O–H groups in total. The molecule has 4 heterocycles. The molecule has 3 amide bonds. The Morgan fingerprint density at radius 1 is 1.03 bits per heavy atom. The van der Waals surface area contributed by atoms with Gasteiger partial charge in [-0.2, -0.15) is 5.10 Å². The molecule has 0 spiro atoms. The third-order valence-electron chi connectivity index (χ3n) is 6.78. The van der Waals surface area contributed by atoms with Crippen LogP contribution in [0.4, 0.5) is 11.5 Å². The average Bonchev–Trinajstić information content (AvgIpc) is 3.51. The molecule has 0 radical (unpaired) electrons. The molecule has 38 heavy (non-hydrogen) atoms. The number of piperazine rings is 1. The number of rotatable bonds is 7. The van der Waals surface area contributed by atoms with Crippen molar-refractivity contribution in [2.75, 3.05) is 50.0 Å². The highest BCUT2D eigenvalue weighted by Gasteiger charge is 2.29. The Balaban J connectivity index is 1.13. The van der Waals surface area contributed by atoms with E-state index < -0.39 is 11.5 Å². The number of aromatic amines is 2. The molecule has 2 aromatic heterocycles. The van der Waals surface area contributed by atoms with Crippen molar-refractivity contribution < 1.29 is 14.4 Å². The van der Waals surface area contributed by atoms with Gasteiger partial charge in [-0.15, -0.1) is 0 Å². The topological polar surface area (TPSA) is 159 Å². The highest BCUT2D eigenvalue weighted by atomic mass is 16.2. The number of anilines is 2. The summed E-state index contributed by atoms with van der Waals surface area (Å²) in [4.78, 5) is 61.7. The van der Waals surface area contributed by atoms with E-state index in [0.29, 0.717) is 17.9 Å². The molecule has 0 bridgehead atoms. The zero-order chi connectivity index (χ0) is 26.6. The maximum Gasteiger partial charge on any atom is 0.279 e. The highest BCUT2D eigenvalue weighted by Crippen LogP contribution is 2.28. The predicted octanol–water partition coefficient (Wildman–Crippen LogP) is 0.159. The molecule has 0 atom stereocenters. The lowest BCUT2D eigenvalue weighted by Crippen LogP contribution is -2.44. The second kappa shape index (κ2) is 10.8. The fourth-order valence-corrected chi connectivity index (χ4v) is 4.53. The zero-order valence-electron chi connectivity index (χ0n) is 21.0. The van der Waals surface area contributed by atoms with Crippen LogP contribution in [0.1, 0.15) is 38.5 Å². The van der Waals surface area contributed by atoms with Gasteiger partial charge in [-0.05, 0) is 31.3 Å². The molecule has 2 aliphatic heterocycles. The van der Waals surface area contributed by atoms with Crippen LogP contribution in [0.25, 0.3) is 0 Å². The molecule has 2 aliphatic rings. The molecule has 5 rings (SSSR count). The minimum absolute atomic E-state index is 0.0511. The fraction of sp³-hybridized carbons (Fsp3) is 0.360. The molecule has 1 aromatic carbocycles. The molecule has 13 heteroatoms. The number of carbonyl (C=O) groups is 3. The van der Waals surface area contributed by atoms with Gasteiger partial charge in [0.2, 0.25) is 5.91 Å². The number of amides is 3. The van der Waals surface area contributed by atoms with E-state index in [-0.39, 0.29) is 37.0 Å². The van der Waals surface area contributed by atoms with Gasteiger partial charge < -0.3 is 30.3 Å². The Bertz CT molecular complexity index is 1390. The Hall–Kier alpha value is -4.52. The summed E-state index contributed by atoms with van der Waals surface area (Å²) in [7, 11) is 2.11. The largest absolute Gasteiger partial charge is 0.369 e. The van der Waals surface area contributed by atoms with Crippen molar-refractivity contribution in [2.24, 2.45) is 0 Å². The van der Waals surface area contributed by atoms with E-state index in [9.17, 15) is 19.2 Å². The minimum atomic E-state index is -0.642. The van der Waals surface area contributed by atoms with Crippen LogP contribution in [-0.2, 0) is 17.9 Å². The van der Waals surface area contributed by atoms with Crippen LogP contribution in [0.2, 0.25) is 0 Å². The number of benzene rings is 1. The number of nitrogens with one attached hydrogen (secondary N) is 4. The van der Waals surface area contributed by atoms with E-state index in [4.69, 9.17) is 0 Å². The first kappa shape index (κ1) is 25.1. The molecule has 0 unspecified atom stereocenters. The summed E-state index contributed by atoms with van der Waals surface area (Å²) in [5, 5.41) is 12.5. The lowest BCUT2D eigenvalue weighted by Gasteiger charge is -2.34. The summed E-state index contributed by atoms with van der Waals surface area (Å²) >= 11 is 0. The second-order valence-electron chi connectivity index (χ2n) is 9.34. The van der Waals surface area contributed by atoms with Crippen molar-refractivity contribution >= 4 is 29.2 Å². The molecular formula is C25H29N9O4. The van der Waals surface area contributed by atoms with E-state index in [0.717, 1.165) is 43.1 Å². The third-order valence-corrected chi connectivity index (χ3v) is 6.78. The van der Waals surface area contributed by atoms with Gasteiger partial charge in [0, 0.05) is 68.4 Å². The number of H-pyrrole nitrogens is 2. The average molecular weight is 520 g/mol. The molecular weight excluding hydrogens is 490 g/mol. The molecule has 13 nitrogen and oxygen atoms in total. The first-order valence-electron chi connectivity index (χ1n) is 12.4. The number of hydrogen-bond acceptors (Lipinski definition) is 8. The summed E-state index contributed by atoms with van der Waals surface area (Å²) in [6, 6.07) is 7.52. The summed E-state index contributed by atoms with van der Waals surface area (Å²) in [6.07, 6.45) is 2.70. The molecule has 0 aliphatic carbocycles. The number of likely N-dealkylation sites (N-methyl/N-ethyl adjacent to an activating group) is 1. The van der Waals surface area contributed by atoms with Crippen LogP contribution in [-0.4, -0.2) is 87.5 Å². The monoisotopic (exact) mass is 519 g/mol. The van der Waals surface area contributed by atoms with Crippen LogP contribution in [0.15, 0.2) is 41.5 Å². The Labute approximate surface area is 218 Å². The van der Waals surface area contributed by atoms with Crippen LogP contribution in [0.5, 0.6) is 0 Å². The van der Waals surface area contributed by atoms with Gasteiger partial charge in [-0.3, -0.25) is 24.3 Å². The van der Waals surface area contributed by atoms with Crippen LogP contribution < -0.4 is 21.1 Å². The standard InChI is InChI=1S/C25H29N9O4/c1-32-10-12-33(13-11-32)17-4-2-16(3-5-17)23(36)29-22-18-14-34(15-19(18)30-31-22)20(35)6-7-27-24(37)21-25(38)28-9-8-26-21/h2-5,8-9H,6-7,10-15H2,1H3,(H,27,37)(H,28,38)(H2,29,30,31,36). The summed E-state index contributed by atoms with van der Waals surface area (Å²) in [6.45, 7) is 4.59. The first-order valence-corrected chi connectivity index (χ1v) is 12.4. The van der Waals surface area contributed by atoms with E-state index in [2.05, 4.69) is 47.6 Å². The number of fused-ring (bicyclic) bond motifs is 1. The van der Waals surface area contributed by atoms with E-state index in [1.165, 1.54) is 12.4 Å².